The van der Waals surface area contributed by atoms with Gasteiger partial charge in [-0.3, -0.25) is 14.3 Å². The van der Waals surface area contributed by atoms with E-state index in [1.54, 1.807) is 6.92 Å². The number of rotatable bonds is 7. The molecule has 1 atom stereocenters. The lowest BCUT2D eigenvalue weighted by atomic mass is 10.1. The number of hydrogen-bond acceptors (Lipinski definition) is 6. The Balaban J connectivity index is 2.11. The first-order valence-electron chi connectivity index (χ1n) is 9.18. The third-order valence-corrected chi connectivity index (χ3v) is 4.34. The van der Waals surface area contributed by atoms with Crippen LogP contribution < -0.4 is 16.7 Å². The summed E-state index contributed by atoms with van der Waals surface area (Å²) in [6, 6.07) is 9.78. The van der Waals surface area contributed by atoms with E-state index >= 15 is 0 Å². The summed E-state index contributed by atoms with van der Waals surface area (Å²) in [7, 11) is 1.53. The Morgan fingerprint density at radius 2 is 2.04 bits per heavy atom. The Bertz CT molecular complexity index is 1110. The van der Waals surface area contributed by atoms with Gasteiger partial charge in [-0.2, -0.15) is 10.1 Å². The van der Waals surface area contributed by atoms with Gasteiger partial charge < -0.3 is 9.67 Å². The number of nitrogens with one attached hydrogen (secondary N) is 2. The summed E-state index contributed by atoms with van der Waals surface area (Å²) in [5.74, 6) is 0.284. The number of H-pyrrole nitrogens is 1. The van der Waals surface area contributed by atoms with Gasteiger partial charge in [-0.05, 0) is 18.9 Å². The maximum absolute atomic E-state index is 12.4. The zero-order valence-electron chi connectivity index (χ0n) is 16.1. The summed E-state index contributed by atoms with van der Waals surface area (Å²) in [6.07, 6.45) is 0.947. The van der Waals surface area contributed by atoms with E-state index in [-0.39, 0.29) is 23.7 Å². The minimum atomic E-state index is -0.720. The molecule has 0 fully saturated rings. The molecular weight excluding hydrogens is 360 g/mol. The molecule has 148 valence electrons. The fraction of sp³-hybridized carbons (Fsp3) is 0.368. The van der Waals surface area contributed by atoms with E-state index in [0.717, 1.165) is 24.1 Å². The largest absolute Gasteiger partial charge is 0.392 e. The van der Waals surface area contributed by atoms with Gasteiger partial charge in [-0.15, -0.1) is 0 Å². The lowest BCUT2D eigenvalue weighted by Gasteiger charge is -2.11. The standard InChI is InChI=1S/C19H24N6O3/c1-4-8-14(13-9-6-5-7-10-13)22-23-18-20-16-15(25(18)11-12(2)26)17(27)21-19(28)24(16)3/h5-7,9-10,12,26H,4,8,11H2,1-3H3,(H,20,23)(H,21,27,28)/b22-14-/t12-/m1/s1. The normalized spacial score (nSPS) is 13.1. The highest BCUT2D eigenvalue weighted by molar-refractivity contribution is 6.00. The minimum Gasteiger partial charge on any atom is -0.392 e. The molecule has 0 bridgehead atoms. The third-order valence-electron chi connectivity index (χ3n) is 4.34. The predicted octanol–water partition coefficient (Wildman–Crippen LogP) is 1.42. The van der Waals surface area contributed by atoms with E-state index in [2.05, 4.69) is 27.4 Å². The van der Waals surface area contributed by atoms with E-state index in [9.17, 15) is 14.7 Å². The number of hydrogen-bond donors (Lipinski definition) is 3. The number of aliphatic hydroxyl groups excluding tert-OH is 1. The molecule has 0 aliphatic rings. The van der Waals surface area contributed by atoms with Crippen molar-refractivity contribution in [1.82, 2.24) is 19.1 Å². The minimum absolute atomic E-state index is 0.129. The molecule has 3 aromatic rings. The molecule has 0 unspecified atom stereocenters. The number of imidazole rings is 1. The van der Waals surface area contributed by atoms with Crippen LogP contribution >= 0.6 is 0 Å². The first kappa shape index (κ1) is 19.6. The van der Waals surface area contributed by atoms with Crippen LogP contribution in [0.25, 0.3) is 11.2 Å². The Labute approximate surface area is 161 Å². The second-order valence-corrected chi connectivity index (χ2v) is 6.67. The zero-order valence-corrected chi connectivity index (χ0v) is 16.1. The lowest BCUT2D eigenvalue weighted by Crippen LogP contribution is -2.29. The molecule has 0 spiro atoms. The number of fused-ring (bicyclic) bond motifs is 1. The number of aliphatic hydroxyl groups is 1. The molecule has 0 saturated carbocycles. The van der Waals surface area contributed by atoms with Crippen molar-refractivity contribution in [2.45, 2.75) is 39.3 Å². The SMILES string of the molecule is CCC/C(=N/Nc1nc2c(c(=O)[nH]c(=O)n2C)n1C[C@@H](C)O)c1ccccc1. The number of nitrogens with zero attached hydrogens (tertiary/aromatic N) is 4. The Kier molecular flexibility index (Phi) is 5.74. The highest BCUT2D eigenvalue weighted by Crippen LogP contribution is 2.17. The number of anilines is 1. The quantitative estimate of drug-likeness (QED) is 0.421. The van der Waals surface area contributed by atoms with Crippen LogP contribution in [0.3, 0.4) is 0 Å². The lowest BCUT2D eigenvalue weighted by molar-refractivity contribution is 0.175. The molecule has 0 radical (unpaired) electrons. The average molecular weight is 384 g/mol. The molecule has 3 rings (SSSR count). The van der Waals surface area contributed by atoms with Gasteiger partial charge in [0.15, 0.2) is 11.2 Å². The fourth-order valence-electron chi connectivity index (χ4n) is 3.01. The predicted molar refractivity (Wildman–Crippen MR) is 109 cm³/mol. The fourth-order valence-corrected chi connectivity index (χ4v) is 3.01. The maximum Gasteiger partial charge on any atom is 0.329 e. The number of hydrazone groups is 1. The Hall–Kier alpha value is -3.20. The van der Waals surface area contributed by atoms with Gasteiger partial charge >= 0.3 is 5.69 Å². The summed E-state index contributed by atoms with van der Waals surface area (Å²) in [5, 5.41) is 14.4. The van der Waals surface area contributed by atoms with Crippen molar-refractivity contribution in [2.24, 2.45) is 12.1 Å². The van der Waals surface area contributed by atoms with E-state index in [1.165, 1.54) is 16.2 Å². The smallest absolute Gasteiger partial charge is 0.329 e. The molecule has 28 heavy (non-hydrogen) atoms. The van der Waals surface area contributed by atoms with Gasteiger partial charge in [0.05, 0.1) is 18.4 Å². The Morgan fingerprint density at radius 1 is 1.32 bits per heavy atom. The molecule has 9 nitrogen and oxygen atoms in total. The van der Waals surface area contributed by atoms with Gasteiger partial charge in [0.2, 0.25) is 5.95 Å². The summed E-state index contributed by atoms with van der Waals surface area (Å²) >= 11 is 0. The number of aromatic nitrogens is 4. The van der Waals surface area contributed by atoms with Gasteiger partial charge in [0.1, 0.15) is 0 Å². The molecule has 9 heteroatoms. The van der Waals surface area contributed by atoms with Crippen LogP contribution in [0.5, 0.6) is 0 Å². The van der Waals surface area contributed by atoms with Crippen molar-refractivity contribution in [2.75, 3.05) is 5.43 Å². The van der Waals surface area contributed by atoms with Gasteiger partial charge in [-0.25, -0.2) is 10.2 Å². The number of benzene rings is 1. The van der Waals surface area contributed by atoms with Gasteiger partial charge in [0.25, 0.3) is 5.56 Å². The van der Waals surface area contributed by atoms with Gasteiger partial charge in [-0.1, -0.05) is 43.7 Å². The number of aryl methyl sites for hydroxylation is 1. The average Bonchev–Trinajstić information content (AvgIpc) is 3.02. The van der Waals surface area contributed by atoms with Crippen molar-refractivity contribution >= 4 is 22.8 Å². The monoisotopic (exact) mass is 384 g/mol. The van der Waals surface area contributed by atoms with Crippen LogP contribution in [0.1, 0.15) is 32.3 Å². The maximum atomic E-state index is 12.4. The van der Waals surface area contributed by atoms with Crippen LogP contribution in [-0.4, -0.2) is 36.0 Å². The van der Waals surface area contributed by atoms with Crippen LogP contribution in [0.4, 0.5) is 5.95 Å². The molecule has 0 aliphatic carbocycles. The van der Waals surface area contributed by atoms with Crippen molar-refractivity contribution in [3.05, 3.63) is 56.7 Å². The van der Waals surface area contributed by atoms with Crippen LogP contribution in [-0.2, 0) is 13.6 Å². The van der Waals surface area contributed by atoms with Crippen molar-refractivity contribution in [3.8, 4) is 0 Å². The van der Waals surface area contributed by atoms with E-state index in [4.69, 9.17) is 0 Å². The molecule has 0 saturated heterocycles. The molecule has 0 amide bonds. The summed E-state index contributed by atoms with van der Waals surface area (Å²) in [6.45, 7) is 3.81. The van der Waals surface area contributed by atoms with Crippen LogP contribution in [0, 0.1) is 0 Å². The highest BCUT2D eigenvalue weighted by atomic mass is 16.3. The molecular formula is C19H24N6O3. The summed E-state index contributed by atoms with van der Waals surface area (Å²) in [5.41, 5.74) is 4.09. The molecule has 2 heterocycles. The summed E-state index contributed by atoms with van der Waals surface area (Å²) in [4.78, 5) is 30.9. The highest BCUT2D eigenvalue weighted by Gasteiger charge is 2.18. The molecule has 0 aliphatic heterocycles. The van der Waals surface area contributed by atoms with Crippen LogP contribution in [0.15, 0.2) is 45.0 Å². The first-order chi connectivity index (χ1) is 13.4. The topological polar surface area (TPSA) is 117 Å². The molecule has 1 aromatic carbocycles. The number of aromatic amines is 1. The Morgan fingerprint density at radius 3 is 2.68 bits per heavy atom. The van der Waals surface area contributed by atoms with Crippen molar-refractivity contribution in [3.63, 3.8) is 0 Å². The third kappa shape index (κ3) is 3.89. The first-order valence-corrected chi connectivity index (χ1v) is 9.18. The van der Waals surface area contributed by atoms with Crippen molar-refractivity contribution < 1.29 is 5.11 Å². The van der Waals surface area contributed by atoms with Crippen molar-refractivity contribution in [1.29, 1.82) is 0 Å². The van der Waals surface area contributed by atoms with Crippen LogP contribution in [0.2, 0.25) is 0 Å². The summed E-state index contributed by atoms with van der Waals surface area (Å²) < 4.78 is 2.80. The second-order valence-electron chi connectivity index (χ2n) is 6.67. The second kappa shape index (κ2) is 8.22. The van der Waals surface area contributed by atoms with E-state index < -0.39 is 17.4 Å². The molecule has 2 aromatic heterocycles. The van der Waals surface area contributed by atoms with Gasteiger partial charge in [0, 0.05) is 7.05 Å². The van der Waals surface area contributed by atoms with E-state index in [1.807, 2.05) is 30.3 Å². The zero-order chi connectivity index (χ0) is 20.3. The molecule has 3 N–H and O–H groups in total. The van der Waals surface area contributed by atoms with E-state index in [0.29, 0.717) is 0 Å².